The van der Waals surface area contributed by atoms with Gasteiger partial charge in [0.2, 0.25) is 0 Å². The molecule has 0 spiro atoms. The summed E-state index contributed by atoms with van der Waals surface area (Å²) in [6, 6.07) is 8.77. The third kappa shape index (κ3) is 5.53. The van der Waals surface area contributed by atoms with Gasteiger partial charge < -0.3 is 15.5 Å². The van der Waals surface area contributed by atoms with Crippen molar-refractivity contribution in [3.8, 4) is 0 Å². The monoisotopic (exact) mass is 401 g/mol. The molecule has 2 aromatic carbocycles. The van der Waals surface area contributed by atoms with Crippen LogP contribution in [0, 0.1) is 11.6 Å². The molecule has 29 heavy (non-hydrogen) atoms. The summed E-state index contributed by atoms with van der Waals surface area (Å²) >= 11 is 0. The van der Waals surface area contributed by atoms with Crippen molar-refractivity contribution in [1.29, 1.82) is 0 Å². The second kappa shape index (κ2) is 9.49. The van der Waals surface area contributed by atoms with E-state index in [9.17, 15) is 18.4 Å². The molecule has 5 nitrogen and oxygen atoms in total. The van der Waals surface area contributed by atoms with Crippen molar-refractivity contribution in [2.75, 3.05) is 18.4 Å². The van der Waals surface area contributed by atoms with Gasteiger partial charge in [0, 0.05) is 36.0 Å². The van der Waals surface area contributed by atoms with Crippen LogP contribution in [0.3, 0.4) is 0 Å². The maximum absolute atomic E-state index is 13.8. The lowest BCUT2D eigenvalue weighted by atomic mass is 10.1. The van der Waals surface area contributed by atoms with Gasteiger partial charge >= 0.3 is 6.03 Å². The Labute approximate surface area is 169 Å². The van der Waals surface area contributed by atoms with E-state index in [1.54, 1.807) is 31.2 Å². The Morgan fingerprint density at radius 2 is 1.62 bits per heavy atom. The van der Waals surface area contributed by atoms with E-state index in [1.807, 2.05) is 4.90 Å². The second-order valence-electron chi connectivity index (χ2n) is 7.27. The Morgan fingerprint density at radius 3 is 2.24 bits per heavy atom. The normalized spacial score (nSPS) is 15.3. The molecule has 2 aromatic rings. The van der Waals surface area contributed by atoms with E-state index in [4.69, 9.17) is 0 Å². The molecule has 0 saturated carbocycles. The van der Waals surface area contributed by atoms with Crippen LogP contribution in [0.1, 0.15) is 54.6 Å². The van der Waals surface area contributed by atoms with Crippen LogP contribution in [0.5, 0.6) is 0 Å². The zero-order chi connectivity index (χ0) is 20.8. The third-order valence-electron chi connectivity index (χ3n) is 5.06. The fraction of sp³-hybridized carbons (Fsp3) is 0.364. The molecule has 1 atom stereocenters. The van der Waals surface area contributed by atoms with Gasteiger partial charge in [-0.25, -0.2) is 13.6 Å². The lowest BCUT2D eigenvalue weighted by Gasteiger charge is -2.20. The Balaban J connectivity index is 1.57. The van der Waals surface area contributed by atoms with Crippen LogP contribution in [-0.2, 0) is 0 Å². The number of amides is 3. The van der Waals surface area contributed by atoms with E-state index in [0.717, 1.165) is 50.9 Å². The highest BCUT2D eigenvalue weighted by Gasteiger charge is 2.18. The first-order chi connectivity index (χ1) is 13.9. The first-order valence-electron chi connectivity index (χ1n) is 9.86. The Kier molecular flexibility index (Phi) is 6.80. The molecule has 3 amide bonds. The number of urea groups is 1. The highest BCUT2D eigenvalue weighted by Crippen LogP contribution is 2.19. The Bertz CT molecular complexity index is 863. The standard InChI is InChI=1S/C22H25F2N3O2/c1-15(19-11-8-17(23)14-20(19)24)25-22(29)26-18-9-6-16(7-10-18)21(28)27-12-4-2-3-5-13-27/h6-11,14-15H,2-5,12-13H2,1H3,(H2,25,26,29). The van der Waals surface area contributed by atoms with Crippen molar-refractivity contribution in [2.45, 2.75) is 38.6 Å². The number of likely N-dealkylation sites (tertiary alicyclic amines) is 1. The molecule has 1 heterocycles. The summed E-state index contributed by atoms with van der Waals surface area (Å²) < 4.78 is 26.9. The van der Waals surface area contributed by atoms with Crippen LogP contribution < -0.4 is 10.6 Å². The minimum absolute atomic E-state index is 0.00306. The van der Waals surface area contributed by atoms with Crippen molar-refractivity contribution < 1.29 is 18.4 Å². The number of anilines is 1. The number of nitrogens with one attached hydrogen (secondary N) is 2. The molecule has 2 N–H and O–H groups in total. The van der Waals surface area contributed by atoms with E-state index in [0.29, 0.717) is 11.3 Å². The summed E-state index contributed by atoms with van der Waals surface area (Å²) in [4.78, 5) is 26.7. The van der Waals surface area contributed by atoms with E-state index in [-0.39, 0.29) is 11.5 Å². The molecule has 0 aromatic heterocycles. The fourth-order valence-corrected chi connectivity index (χ4v) is 3.45. The molecule has 0 aliphatic carbocycles. The molecule has 0 bridgehead atoms. The van der Waals surface area contributed by atoms with Gasteiger partial charge in [-0.05, 0) is 50.1 Å². The lowest BCUT2D eigenvalue weighted by molar-refractivity contribution is 0.0761. The van der Waals surface area contributed by atoms with Crippen molar-refractivity contribution in [2.24, 2.45) is 0 Å². The van der Waals surface area contributed by atoms with Crippen molar-refractivity contribution in [1.82, 2.24) is 10.2 Å². The topological polar surface area (TPSA) is 61.4 Å². The first kappa shape index (κ1) is 20.8. The van der Waals surface area contributed by atoms with Crippen LogP contribution in [0.15, 0.2) is 42.5 Å². The summed E-state index contributed by atoms with van der Waals surface area (Å²) in [5, 5.41) is 5.27. The Morgan fingerprint density at radius 1 is 0.966 bits per heavy atom. The third-order valence-corrected chi connectivity index (χ3v) is 5.06. The number of hydrogen-bond donors (Lipinski definition) is 2. The molecule has 1 fully saturated rings. The fourth-order valence-electron chi connectivity index (χ4n) is 3.45. The molecule has 3 rings (SSSR count). The van der Waals surface area contributed by atoms with Gasteiger partial charge in [-0.3, -0.25) is 4.79 Å². The van der Waals surface area contributed by atoms with Crippen molar-refractivity contribution in [3.63, 3.8) is 0 Å². The molecule has 7 heteroatoms. The van der Waals surface area contributed by atoms with Crippen molar-refractivity contribution in [3.05, 3.63) is 65.2 Å². The summed E-state index contributed by atoms with van der Waals surface area (Å²) in [6.07, 6.45) is 4.36. The second-order valence-corrected chi connectivity index (χ2v) is 7.27. The average Bonchev–Trinajstić information content (AvgIpc) is 2.97. The first-order valence-corrected chi connectivity index (χ1v) is 9.86. The number of carbonyl (C=O) groups is 2. The zero-order valence-electron chi connectivity index (χ0n) is 16.4. The largest absolute Gasteiger partial charge is 0.339 e. The van der Waals surface area contributed by atoms with Gasteiger partial charge in [0.1, 0.15) is 11.6 Å². The summed E-state index contributed by atoms with van der Waals surface area (Å²) in [5.41, 5.74) is 1.29. The van der Waals surface area contributed by atoms with Crippen LogP contribution in [-0.4, -0.2) is 29.9 Å². The minimum atomic E-state index is -0.714. The lowest BCUT2D eigenvalue weighted by Crippen LogP contribution is -2.32. The molecule has 1 unspecified atom stereocenters. The number of halogens is 2. The number of rotatable bonds is 4. The molecule has 0 radical (unpaired) electrons. The molecule has 1 aliphatic rings. The Hall–Kier alpha value is -2.96. The maximum atomic E-state index is 13.8. The molecule has 1 aliphatic heterocycles. The maximum Gasteiger partial charge on any atom is 0.319 e. The van der Waals surface area contributed by atoms with Crippen molar-refractivity contribution >= 4 is 17.6 Å². The number of benzene rings is 2. The number of nitrogens with zero attached hydrogens (tertiary/aromatic N) is 1. The van der Waals surface area contributed by atoms with Gasteiger partial charge in [0.15, 0.2) is 0 Å². The van der Waals surface area contributed by atoms with E-state index >= 15 is 0 Å². The summed E-state index contributed by atoms with van der Waals surface area (Å²) in [6.45, 7) is 3.16. The molecule has 154 valence electrons. The highest BCUT2D eigenvalue weighted by atomic mass is 19.1. The van der Waals surface area contributed by atoms with Crippen LogP contribution in [0.4, 0.5) is 19.3 Å². The molecular weight excluding hydrogens is 376 g/mol. The predicted octanol–water partition coefficient (Wildman–Crippen LogP) is 4.86. The predicted molar refractivity (Wildman–Crippen MR) is 108 cm³/mol. The summed E-state index contributed by atoms with van der Waals surface area (Å²) in [7, 11) is 0. The van der Waals surface area contributed by atoms with Crippen LogP contribution in [0.2, 0.25) is 0 Å². The molecular formula is C22H25F2N3O2. The number of carbonyl (C=O) groups excluding carboxylic acids is 2. The minimum Gasteiger partial charge on any atom is -0.339 e. The molecule has 1 saturated heterocycles. The van der Waals surface area contributed by atoms with Gasteiger partial charge in [-0.15, -0.1) is 0 Å². The van der Waals surface area contributed by atoms with Crippen LogP contribution in [0.25, 0.3) is 0 Å². The zero-order valence-corrected chi connectivity index (χ0v) is 16.4. The quantitative estimate of drug-likeness (QED) is 0.768. The van der Waals surface area contributed by atoms with E-state index in [1.165, 1.54) is 6.07 Å². The van der Waals surface area contributed by atoms with E-state index in [2.05, 4.69) is 10.6 Å². The average molecular weight is 401 g/mol. The van der Waals surface area contributed by atoms with Gasteiger partial charge in [0.25, 0.3) is 5.91 Å². The number of hydrogen-bond acceptors (Lipinski definition) is 2. The smallest absolute Gasteiger partial charge is 0.319 e. The highest BCUT2D eigenvalue weighted by molar-refractivity contribution is 5.95. The summed E-state index contributed by atoms with van der Waals surface area (Å²) in [5.74, 6) is -1.38. The van der Waals surface area contributed by atoms with Gasteiger partial charge in [0.05, 0.1) is 6.04 Å². The van der Waals surface area contributed by atoms with Gasteiger partial charge in [-0.1, -0.05) is 18.9 Å². The SMILES string of the molecule is CC(NC(=O)Nc1ccc(C(=O)N2CCCCCC2)cc1)c1ccc(F)cc1F. The van der Waals surface area contributed by atoms with E-state index < -0.39 is 23.7 Å². The van der Waals surface area contributed by atoms with Crippen LogP contribution >= 0.6 is 0 Å². The van der Waals surface area contributed by atoms with Gasteiger partial charge in [-0.2, -0.15) is 0 Å².